The van der Waals surface area contributed by atoms with Gasteiger partial charge < -0.3 is 9.73 Å². The molecule has 0 fully saturated rings. The molecule has 29 heavy (non-hydrogen) atoms. The van der Waals surface area contributed by atoms with E-state index >= 15 is 0 Å². The Morgan fingerprint density at radius 3 is 2.62 bits per heavy atom. The number of thioether (sulfide) groups is 1. The van der Waals surface area contributed by atoms with Gasteiger partial charge in [-0.05, 0) is 5.56 Å². The molecule has 0 aliphatic rings. The van der Waals surface area contributed by atoms with Gasteiger partial charge in [0, 0.05) is 18.4 Å². The number of carbonyl (C=O) groups excluding carboxylic acids is 1. The van der Waals surface area contributed by atoms with Crippen LogP contribution in [0.25, 0.3) is 0 Å². The molecule has 154 valence electrons. The summed E-state index contributed by atoms with van der Waals surface area (Å²) in [5.41, 5.74) is 0.628. The summed E-state index contributed by atoms with van der Waals surface area (Å²) < 4.78 is 33.8. The highest BCUT2D eigenvalue weighted by Crippen LogP contribution is 2.32. The van der Waals surface area contributed by atoms with Crippen LogP contribution in [0.2, 0.25) is 0 Å². The van der Waals surface area contributed by atoms with Crippen molar-refractivity contribution in [3.63, 3.8) is 0 Å². The zero-order valence-electron chi connectivity index (χ0n) is 16.1. The second kappa shape index (κ2) is 9.49. The van der Waals surface area contributed by atoms with E-state index in [1.165, 1.54) is 42.2 Å². The van der Waals surface area contributed by atoms with Gasteiger partial charge in [-0.1, -0.05) is 49.4 Å². The molecule has 1 amide bonds. The van der Waals surface area contributed by atoms with Gasteiger partial charge in [0.25, 0.3) is 5.92 Å². The fourth-order valence-corrected chi connectivity index (χ4v) is 4.26. The number of thiazole rings is 1. The second-order valence-electron chi connectivity index (χ2n) is 6.33. The molecule has 0 aliphatic carbocycles. The quantitative estimate of drug-likeness (QED) is 0.437. The number of hydrogen-bond donors (Lipinski definition) is 1. The number of aryl methyl sites for hydroxylation is 1. The van der Waals surface area contributed by atoms with Crippen LogP contribution in [0.3, 0.4) is 0 Å². The third-order valence-corrected chi connectivity index (χ3v) is 6.30. The van der Waals surface area contributed by atoms with E-state index in [1.807, 2.05) is 6.92 Å². The number of oxazole rings is 1. The molecule has 0 bridgehead atoms. The largest absolute Gasteiger partial charge is 0.445 e. The van der Waals surface area contributed by atoms with Gasteiger partial charge in [-0.3, -0.25) is 4.79 Å². The summed E-state index contributed by atoms with van der Waals surface area (Å²) in [6.07, 6.45) is 4.06. The summed E-state index contributed by atoms with van der Waals surface area (Å²) in [6, 6.07) is 5.86. The van der Waals surface area contributed by atoms with Gasteiger partial charge in [-0.15, -0.1) is 11.8 Å². The lowest BCUT2D eigenvalue weighted by molar-refractivity contribution is -0.115. The summed E-state index contributed by atoms with van der Waals surface area (Å²) in [5, 5.41) is 3.24. The molecule has 2 heterocycles. The number of nitrogens with zero attached hydrogens (tertiary/aromatic N) is 2. The predicted octanol–water partition coefficient (Wildman–Crippen LogP) is 5.67. The molecule has 3 rings (SSSR count). The Morgan fingerprint density at radius 2 is 1.97 bits per heavy atom. The first kappa shape index (κ1) is 21.4. The van der Waals surface area contributed by atoms with Crippen molar-refractivity contribution in [1.29, 1.82) is 0 Å². The molecule has 0 saturated heterocycles. The van der Waals surface area contributed by atoms with Gasteiger partial charge in [-0.25, -0.2) is 18.7 Å². The van der Waals surface area contributed by atoms with Crippen molar-refractivity contribution in [2.24, 2.45) is 0 Å². The molecular formula is C20H21F2N3O2S2. The fraction of sp³-hybridized carbons (Fsp3) is 0.350. The average Bonchev–Trinajstić information content (AvgIpc) is 3.35. The normalized spacial score (nSPS) is 11.6. The molecule has 3 aromatic rings. The Balaban J connectivity index is 1.50. The molecule has 5 nitrogen and oxygen atoms in total. The lowest BCUT2D eigenvalue weighted by Gasteiger charge is -2.14. The van der Waals surface area contributed by atoms with Crippen molar-refractivity contribution in [3.8, 4) is 0 Å². The standard InChI is InChI=1S/C20H21F2N3O2S2/c1-3-15-10-23-17(27-15)12-28-18-11-24-19(29-18)25-16(26)9-13-5-7-14(8-6-13)20(21,22)4-2/h5-8,10-11H,3-4,9,12H2,1-2H3,(H,24,25,26). The highest BCUT2D eigenvalue weighted by molar-refractivity contribution is 8.00. The average molecular weight is 438 g/mol. The minimum absolute atomic E-state index is 0.0390. The van der Waals surface area contributed by atoms with Crippen LogP contribution in [0.1, 0.15) is 43.0 Å². The molecule has 0 aliphatic heterocycles. The minimum Gasteiger partial charge on any atom is -0.445 e. The number of benzene rings is 1. The first-order chi connectivity index (χ1) is 13.9. The van der Waals surface area contributed by atoms with Crippen molar-refractivity contribution < 1.29 is 18.0 Å². The van der Waals surface area contributed by atoms with Crippen molar-refractivity contribution in [2.75, 3.05) is 5.32 Å². The maximum Gasteiger partial charge on any atom is 0.273 e. The van der Waals surface area contributed by atoms with Gasteiger partial charge in [0.15, 0.2) is 5.13 Å². The van der Waals surface area contributed by atoms with E-state index in [1.54, 1.807) is 24.5 Å². The van der Waals surface area contributed by atoms with Gasteiger partial charge in [0.05, 0.1) is 28.8 Å². The van der Waals surface area contributed by atoms with Crippen LogP contribution in [-0.4, -0.2) is 15.9 Å². The molecule has 0 atom stereocenters. The number of nitrogens with one attached hydrogen (secondary N) is 1. The molecule has 1 N–H and O–H groups in total. The zero-order valence-corrected chi connectivity index (χ0v) is 17.7. The highest BCUT2D eigenvalue weighted by Gasteiger charge is 2.28. The van der Waals surface area contributed by atoms with Crippen molar-refractivity contribution in [2.45, 2.75) is 49.0 Å². The Bertz CT molecular complexity index is 955. The summed E-state index contributed by atoms with van der Waals surface area (Å²) in [4.78, 5) is 20.6. The van der Waals surface area contributed by atoms with E-state index in [2.05, 4.69) is 15.3 Å². The van der Waals surface area contributed by atoms with Gasteiger partial charge in [0.2, 0.25) is 11.8 Å². The lowest BCUT2D eigenvalue weighted by atomic mass is 10.0. The summed E-state index contributed by atoms with van der Waals surface area (Å²) in [6.45, 7) is 3.44. The highest BCUT2D eigenvalue weighted by atomic mass is 32.2. The summed E-state index contributed by atoms with van der Waals surface area (Å²) in [5.74, 6) is -0.998. The SMILES string of the molecule is CCc1cnc(CSc2cnc(NC(=O)Cc3ccc(C(F)(F)CC)cc3)s2)o1. The number of halogens is 2. The Labute approximate surface area is 176 Å². The second-order valence-corrected chi connectivity index (χ2v) is 8.63. The number of hydrogen-bond acceptors (Lipinski definition) is 6. The van der Waals surface area contributed by atoms with Crippen LogP contribution in [-0.2, 0) is 29.3 Å². The van der Waals surface area contributed by atoms with Crippen LogP contribution in [0, 0.1) is 0 Å². The number of carbonyl (C=O) groups is 1. The first-order valence-electron chi connectivity index (χ1n) is 9.19. The smallest absolute Gasteiger partial charge is 0.273 e. The van der Waals surface area contributed by atoms with Gasteiger partial charge in [0.1, 0.15) is 5.76 Å². The first-order valence-corrected chi connectivity index (χ1v) is 11.0. The molecule has 2 aromatic heterocycles. The molecule has 0 spiro atoms. The van der Waals surface area contributed by atoms with Crippen LogP contribution < -0.4 is 5.32 Å². The van der Waals surface area contributed by atoms with E-state index in [4.69, 9.17) is 4.42 Å². The Kier molecular flexibility index (Phi) is 7.02. The molecule has 0 unspecified atom stereocenters. The van der Waals surface area contributed by atoms with Crippen LogP contribution in [0.5, 0.6) is 0 Å². The third kappa shape index (κ3) is 5.86. The Morgan fingerprint density at radius 1 is 1.21 bits per heavy atom. The van der Waals surface area contributed by atoms with Crippen LogP contribution in [0.15, 0.2) is 45.3 Å². The molecule has 0 radical (unpaired) electrons. The number of amides is 1. The van der Waals surface area contributed by atoms with E-state index in [-0.39, 0.29) is 24.3 Å². The van der Waals surface area contributed by atoms with Crippen LogP contribution >= 0.6 is 23.1 Å². The summed E-state index contributed by atoms with van der Waals surface area (Å²) >= 11 is 2.90. The topological polar surface area (TPSA) is 68.0 Å². The monoisotopic (exact) mass is 437 g/mol. The van der Waals surface area contributed by atoms with Crippen molar-refractivity contribution >= 4 is 34.1 Å². The zero-order chi connectivity index (χ0) is 20.9. The number of anilines is 1. The third-order valence-electron chi connectivity index (χ3n) is 4.20. The molecular weight excluding hydrogens is 416 g/mol. The van der Waals surface area contributed by atoms with E-state index in [0.717, 1.165) is 16.4 Å². The number of alkyl halides is 2. The van der Waals surface area contributed by atoms with E-state index < -0.39 is 5.92 Å². The molecule has 9 heteroatoms. The van der Waals surface area contributed by atoms with Gasteiger partial charge >= 0.3 is 0 Å². The molecule has 0 saturated carbocycles. The maximum absolute atomic E-state index is 13.7. The Hall–Kier alpha value is -2.26. The van der Waals surface area contributed by atoms with E-state index in [0.29, 0.717) is 22.3 Å². The van der Waals surface area contributed by atoms with Crippen LogP contribution in [0.4, 0.5) is 13.9 Å². The van der Waals surface area contributed by atoms with Crippen molar-refractivity contribution in [3.05, 3.63) is 59.4 Å². The lowest BCUT2D eigenvalue weighted by Crippen LogP contribution is -2.15. The minimum atomic E-state index is -2.85. The molecule has 1 aromatic carbocycles. The number of rotatable bonds is 9. The van der Waals surface area contributed by atoms with Crippen molar-refractivity contribution in [1.82, 2.24) is 9.97 Å². The fourth-order valence-electron chi connectivity index (χ4n) is 2.51. The van der Waals surface area contributed by atoms with E-state index in [9.17, 15) is 13.6 Å². The summed E-state index contributed by atoms with van der Waals surface area (Å²) in [7, 11) is 0. The van der Waals surface area contributed by atoms with Gasteiger partial charge in [-0.2, -0.15) is 0 Å². The predicted molar refractivity (Wildman–Crippen MR) is 111 cm³/mol. The maximum atomic E-state index is 13.7. The number of aromatic nitrogens is 2.